The molecule has 0 saturated heterocycles. The molecule has 0 fully saturated rings. The summed E-state index contributed by atoms with van der Waals surface area (Å²) in [5, 5.41) is 3.15. The molecule has 0 aliphatic rings. The molecule has 104 valence electrons. The minimum atomic E-state index is -0.364. The lowest BCUT2D eigenvalue weighted by atomic mass is 10.2. The van der Waals surface area contributed by atoms with Crippen molar-refractivity contribution in [1.29, 1.82) is 0 Å². The van der Waals surface area contributed by atoms with Crippen molar-refractivity contribution in [2.75, 3.05) is 25.2 Å². The molecule has 0 aliphatic heterocycles. The summed E-state index contributed by atoms with van der Waals surface area (Å²) >= 11 is 1.36. The molecule has 1 atom stereocenters. The number of amides is 2. The third kappa shape index (κ3) is 4.82. The van der Waals surface area contributed by atoms with Crippen molar-refractivity contribution in [3.63, 3.8) is 0 Å². The lowest BCUT2D eigenvalue weighted by molar-refractivity contribution is -0.129. The van der Waals surface area contributed by atoms with Crippen LogP contribution in [0.1, 0.15) is 6.92 Å². The van der Waals surface area contributed by atoms with Gasteiger partial charge in [0.25, 0.3) is 0 Å². The molecule has 19 heavy (non-hydrogen) atoms. The summed E-state index contributed by atoms with van der Waals surface area (Å²) in [5.41, 5.74) is 5.97. The molecule has 0 aromatic heterocycles. The zero-order chi connectivity index (χ0) is 14.4. The quantitative estimate of drug-likeness (QED) is 0.767. The number of benzene rings is 1. The number of nitrogens with zero attached hydrogens (tertiary/aromatic N) is 1. The van der Waals surface area contributed by atoms with Crippen LogP contribution in [-0.2, 0) is 9.59 Å². The Kier molecular flexibility index (Phi) is 5.69. The Morgan fingerprint density at radius 2 is 2.00 bits per heavy atom. The average Bonchev–Trinajstić information content (AvgIpc) is 2.36. The van der Waals surface area contributed by atoms with Crippen LogP contribution in [0.25, 0.3) is 0 Å². The fraction of sp³-hybridized carbons (Fsp3) is 0.385. The molecular weight excluding hydrogens is 262 g/mol. The number of anilines is 1. The van der Waals surface area contributed by atoms with E-state index in [1.807, 2.05) is 24.3 Å². The molecule has 0 unspecified atom stereocenters. The number of hydrogen-bond donors (Lipinski definition) is 2. The van der Waals surface area contributed by atoms with E-state index in [0.717, 1.165) is 10.6 Å². The van der Waals surface area contributed by atoms with Gasteiger partial charge in [-0.05, 0) is 19.1 Å². The molecule has 0 saturated carbocycles. The first-order chi connectivity index (χ1) is 8.91. The molecule has 5 nitrogen and oxygen atoms in total. The molecule has 1 aromatic carbocycles. The fourth-order valence-electron chi connectivity index (χ4n) is 1.54. The number of carbonyl (C=O) groups is 2. The van der Waals surface area contributed by atoms with Gasteiger partial charge < -0.3 is 16.0 Å². The molecule has 2 amide bonds. The van der Waals surface area contributed by atoms with Gasteiger partial charge >= 0.3 is 0 Å². The number of primary amides is 1. The highest BCUT2D eigenvalue weighted by molar-refractivity contribution is 8.00. The molecule has 1 aromatic rings. The van der Waals surface area contributed by atoms with Gasteiger partial charge in [0.2, 0.25) is 11.8 Å². The summed E-state index contributed by atoms with van der Waals surface area (Å²) in [7, 11) is 3.43. The van der Waals surface area contributed by atoms with E-state index in [1.54, 1.807) is 21.0 Å². The zero-order valence-electron chi connectivity index (χ0n) is 11.3. The van der Waals surface area contributed by atoms with Crippen LogP contribution in [0.15, 0.2) is 29.2 Å². The second-order valence-corrected chi connectivity index (χ2v) is 5.37. The van der Waals surface area contributed by atoms with Gasteiger partial charge in [-0.15, -0.1) is 11.8 Å². The predicted molar refractivity (Wildman–Crippen MR) is 78.1 cm³/mol. The van der Waals surface area contributed by atoms with Crippen molar-refractivity contribution < 1.29 is 9.59 Å². The molecule has 0 aliphatic carbocycles. The van der Waals surface area contributed by atoms with Crippen LogP contribution in [0.4, 0.5) is 5.69 Å². The first kappa shape index (κ1) is 15.4. The fourth-order valence-corrected chi connectivity index (χ4v) is 2.30. The molecule has 0 radical (unpaired) electrons. The number of para-hydroxylation sites is 1. The zero-order valence-corrected chi connectivity index (χ0v) is 12.2. The average molecular weight is 281 g/mol. The van der Waals surface area contributed by atoms with Gasteiger partial charge in [-0.3, -0.25) is 9.59 Å². The van der Waals surface area contributed by atoms with E-state index < -0.39 is 0 Å². The Labute approximate surface area is 117 Å². The maximum atomic E-state index is 11.8. The van der Waals surface area contributed by atoms with Gasteiger partial charge in [0.1, 0.15) is 6.04 Å². The van der Waals surface area contributed by atoms with Crippen LogP contribution >= 0.6 is 11.8 Å². The second-order valence-electron chi connectivity index (χ2n) is 4.35. The minimum Gasteiger partial charge on any atom is -0.373 e. The molecule has 0 bridgehead atoms. The normalized spacial score (nSPS) is 11.7. The van der Waals surface area contributed by atoms with Crippen LogP contribution in [0, 0.1) is 0 Å². The summed E-state index contributed by atoms with van der Waals surface area (Å²) in [6.45, 7) is 1.80. The first-order valence-electron chi connectivity index (χ1n) is 5.89. The lowest BCUT2D eigenvalue weighted by Crippen LogP contribution is -2.36. The number of rotatable bonds is 6. The van der Waals surface area contributed by atoms with E-state index in [1.165, 1.54) is 16.7 Å². The standard InChI is InChI=1S/C13H19N3O2S/c1-9(13(18)16(2)3)15-10-6-4-5-7-11(10)19-8-12(14)17/h4-7,9,15H,8H2,1-3H3,(H2,14,17)/t9-/m1/s1. The third-order valence-corrected chi connectivity index (χ3v) is 3.54. The molecule has 6 heteroatoms. The summed E-state index contributed by atoms with van der Waals surface area (Å²) < 4.78 is 0. The van der Waals surface area contributed by atoms with Gasteiger partial charge in [0.15, 0.2) is 0 Å². The van der Waals surface area contributed by atoms with Crippen molar-refractivity contribution in [2.45, 2.75) is 17.9 Å². The van der Waals surface area contributed by atoms with Crippen molar-refractivity contribution in [1.82, 2.24) is 4.90 Å². The van der Waals surface area contributed by atoms with E-state index in [0.29, 0.717) is 0 Å². The van der Waals surface area contributed by atoms with Crippen LogP contribution < -0.4 is 11.1 Å². The van der Waals surface area contributed by atoms with Crippen LogP contribution in [0.2, 0.25) is 0 Å². The number of nitrogens with two attached hydrogens (primary N) is 1. The number of nitrogens with one attached hydrogen (secondary N) is 1. The predicted octanol–water partition coefficient (Wildman–Crippen LogP) is 1.15. The Balaban J connectivity index is 2.77. The summed E-state index contributed by atoms with van der Waals surface area (Å²) in [4.78, 5) is 25.1. The third-order valence-electron chi connectivity index (χ3n) is 2.44. The van der Waals surface area contributed by atoms with E-state index in [4.69, 9.17) is 5.73 Å². The van der Waals surface area contributed by atoms with Gasteiger partial charge in [-0.25, -0.2) is 0 Å². The van der Waals surface area contributed by atoms with Crippen LogP contribution in [-0.4, -0.2) is 42.6 Å². The summed E-state index contributed by atoms with van der Waals surface area (Å²) in [6, 6.07) is 7.20. The molecule has 0 heterocycles. The highest BCUT2D eigenvalue weighted by Gasteiger charge is 2.15. The van der Waals surface area contributed by atoms with Gasteiger partial charge in [-0.1, -0.05) is 12.1 Å². The van der Waals surface area contributed by atoms with Crippen LogP contribution in [0.5, 0.6) is 0 Å². The van der Waals surface area contributed by atoms with Crippen LogP contribution in [0.3, 0.4) is 0 Å². The Morgan fingerprint density at radius 1 is 1.37 bits per heavy atom. The second kappa shape index (κ2) is 7.04. The maximum absolute atomic E-state index is 11.8. The van der Waals surface area contributed by atoms with E-state index in [-0.39, 0.29) is 23.6 Å². The molecule has 3 N–H and O–H groups in total. The van der Waals surface area contributed by atoms with Crippen molar-refractivity contribution >= 4 is 29.3 Å². The summed E-state index contributed by atoms with van der Waals surface area (Å²) in [5.74, 6) is -0.152. The van der Waals surface area contributed by atoms with Crippen molar-refractivity contribution in [3.8, 4) is 0 Å². The van der Waals surface area contributed by atoms with Gasteiger partial charge in [0, 0.05) is 24.7 Å². The monoisotopic (exact) mass is 281 g/mol. The van der Waals surface area contributed by atoms with E-state index in [2.05, 4.69) is 5.32 Å². The van der Waals surface area contributed by atoms with Gasteiger partial charge in [0.05, 0.1) is 5.75 Å². The van der Waals surface area contributed by atoms with Crippen molar-refractivity contribution in [3.05, 3.63) is 24.3 Å². The van der Waals surface area contributed by atoms with E-state index in [9.17, 15) is 9.59 Å². The smallest absolute Gasteiger partial charge is 0.244 e. The topological polar surface area (TPSA) is 75.4 Å². The molecular formula is C13H19N3O2S. The summed E-state index contributed by atoms with van der Waals surface area (Å²) in [6.07, 6.45) is 0. The van der Waals surface area contributed by atoms with Gasteiger partial charge in [-0.2, -0.15) is 0 Å². The lowest BCUT2D eigenvalue weighted by Gasteiger charge is -2.20. The molecule has 1 rings (SSSR count). The minimum absolute atomic E-state index is 0.00490. The number of hydrogen-bond acceptors (Lipinski definition) is 4. The number of carbonyl (C=O) groups excluding carboxylic acids is 2. The Morgan fingerprint density at radius 3 is 2.58 bits per heavy atom. The Hall–Kier alpha value is -1.69. The maximum Gasteiger partial charge on any atom is 0.244 e. The highest BCUT2D eigenvalue weighted by atomic mass is 32.2. The van der Waals surface area contributed by atoms with E-state index >= 15 is 0 Å². The number of thioether (sulfide) groups is 1. The Bertz CT molecular complexity index is 463. The molecule has 0 spiro atoms. The van der Waals surface area contributed by atoms with Crippen molar-refractivity contribution in [2.24, 2.45) is 5.73 Å². The number of likely N-dealkylation sites (N-methyl/N-ethyl adjacent to an activating group) is 1. The first-order valence-corrected chi connectivity index (χ1v) is 6.88. The largest absolute Gasteiger partial charge is 0.373 e. The SMILES string of the molecule is C[C@@H](Nc1ccccc1SCC(N)=O)C(=O)N(C)C. The highest BCUT2D eigenvalue weighted by Crippen LogP contribution is 2.27.